The Kier molecular flexibility index (Phi) is 6.32. The number of carbonyl (C=O) groups excluding carboxylic acids is 2. The molecule has 0 saturated heterocycles. The fourth-order valence-electron chi connectivity index (χ4n) is 0.682. The predicted molar refractivity (Wildman–Crippen MR) is 47.5 cm³/mol. The third-order valence-electron chi connectivity index (χ3n) is 1.19. The predicted octanol–water partition coefficient (Wildman–Crippen LogP) is 1.11. The molecule has 0 heterocycles. The molecule has 13 heavy (non-hydrogen) atoms. The maximum Gasteiger partial charge on any atom is 0.324 e. The lowest BCUT2D eigenvalue weighted by atomic mass is 10.3. The van der Waals surface area contributed by atoms with Crippen molar-refractivity contribution >= 4 is 23.5 Å². The zero-order valence-electron chi connectivity index (χ0n) is 7.71. The van der Waals surface area contributed by atoms with Gasteiger partial charge in [-0.3, -0.25) is 9.59 Å². The number of ether oxygens (including phenoxy) is 2. The van der Waals surface area contributed by atoms with Gasteiger partial charge in [0.05, 0.1) is 19.6 Å². The Hall–Kier alpha value is -0.770. The summed E-state index contributed by atoms with van der Waals surface area (Å²) in [6.45, 7) is 3.90. The molecule has 0 aliphatic rings. The summed E-state index contributed by atoms with van der Waals surface area (Å²) in [6.07, 6.45) is -0.145. The van der Waals surface area contributed by atoms with Crippen molar-refractivity contribution in [3.8, 4) is 0 Å². The topological polar surface area (TPSA) is 52.6 Å². The Balaban J connectivity index is 3.78. The van der Waals surface area contributed by atoms with Gasteiger partial charge in [-0.05, 0) is 13.8 Å². The van der Waals surface area contributed by atoms with Crippen molar-refractivity contribution in [2.24, 2.45) is 0 Å². The number of esters is 2. The first-order chi connectivity index (χ1) is 6.11. The van der Waals surface area contributed by atoms with Crippen LogP contribution >= 0.6 is 11.6 Å². The molecule has 0 unspecified atom stereocenters. The van der Waals surface area contributed by atoms with Crippen LogP contribution in [-0.4, -0.2) is 30.5 Å². The SMILES string of the molecule is CCOC(=O)C[C@@H](Cl)C(=O)OCC. The minimum Gasteiger partial charge on any atom is -0.466 e. The zero-order chi connectivity index (χ0) is 10.3. The van der Waals surface area contributed by atoms with Gasteiger partial charge in [0.15, 0.2) is 0 Å². The first-order valence-corrected chi connectivity index (χ1v) is 4.51. The highest BCUT2D eigenvalue weighted by atomic mass is 35.5. The largest absolute Gasteiger partial charge is 0.466 e. The van der Waals surface area contributed by atoms with Crippen LogP contribution in [0.5, 0.6) is 0 Å². The summed E-state index contributed by atoms with van der Waals surface area (Å²) >= 11 is 5.57. The Morgan fingerprint density at radius 3 is 2.23 bits per heavy atom. The van der Waals surface area contributed by atoms with Gasteiger partial charge in [-0.25, -0.2) is 0 Å². The Morgan fingerprint density at radius 2 is 1.77 bits per heavy atom. The Labute approximate surface area is 82.1 Å². The maximum atomic E-state index is 10.9. The molecule has 0 aromatic rings. The minimum atomic E-state index is -0.945. The van der Waals surface area contributed by atoms with Crippen molar-refractivity contribution in [1.82, 2.24) is 0 Å². The van der Waals surface area contributed by atoms with E-state index < -0.39 is 17.3 Å². The molecule has 0 radical (unpaired) electrons. The van der Waals surface area contributed by atoms with Crippen molar-refractivity contribution < 1.29 is 19.1 Å². The number of alkyl halides is 1. The molecular formula is C8H13ClO4. The molecule has 0 aromatic carbocycles. The van der Waals surface area contributed by atoms with Crippen LogP contribution in [0.3, 0.4) is 0 Å². The molecule has 4 nitrogen and oxygen atoms in total. The standard InChI is InChI=1S/C8H13ClO4/c1-3-12-7(10)5-6(9)8(11)13-4-2/h6H,3-5H2,1-2H3/t6-/m1/s1. The van der Waals surface area contributed by atoms with Crippen LogP contribution in [0.15, 0.2) is 0 Å². The number of hydrogen-bond donors (Lipinski definition) is 0. The smallest absolute Gasteiger partial charge is 0.324 e. The van der Waals surface area contributed by atoms with E-state index in [1.54, 1.807) is 13.8 Å². The van der Waals surface area contributed by atoms with E-state index in [0.29, 0.717) is 0 Å². The summed E-state index contributed by atoms with van der Waals surface area (Å²) in [4.78, 5) is 21.8. The summed E-state index contributed by atoms with van der Waals surface area (Å²) in [5.41, 5.74) is 0. The highest BCUT2D eigenvalue weighted by Crippen LogP contribution is 2.05. The fraction of sp³-hybridized carbons (Fsp3) is 0.750. The lowest BCUT2D eigenvalue weighted by Crippen LogP contribution is -2.22. The number of hydrogen-bond acceptors (Lipinski definition) is 4. The summed E-state index contributed by atoms with van der Waals surface area (Å²) in [5.74, 6) is -1.08. The van der Waals surface area contributed by atoms with E-state index in [9.17, 15) is 9.59 Å². The van der Waals surface area contributed by atoms with Crippen molar-refractivity contribution in [3.05, 3.63) is 0 Å². The van der Waals surface area contributed by atoms with Crippen molar-refractivity contribution in [2.75, 3.05) is 13.2 Å². The third kappa shape index (κ3) is 5.47. The third-order valence-corrected chi connectivity index (χ3v) is 1.53. The van der Waals surface area contributed by atoms with Crippen LogP contribution < -0.4 is 0 Å². The molecular weight excluding hydrogens is 196 g/mol. The van der Waals surface area contributed by atoms with Gasteiger partial charge in [-0.1, -0.05) is 0 Å². The second-order valence-electron chi connectivity index (χ2n) is 2.23. The molecule has 1 atom stereocenters. The highest BCUT2D eigenvalue weighted by molar-refractivity contribution is 6.30. The minimum absolute atomic E-state index is 0.145. The van der Waals surface area contributed by atoms with E-state index in [1.165, 1.54) is 0 Å². The van der Waals surface area contributed by atoms with Crippen LogP contribution in [0.1, 0.15) is 20.3 Å². The van der Waals surface area contributed by atoms with Gasteiger partial charge in [0.1, 0.15) is 5.38 Å². The van der Waals surface area contributed by atoms with Gasteiger partial charge in [0.25, 0.3) is 0 Å². The quantitative estimate of drug-likeness (QED) is 0.502. The first kappa shape index (κ1) is 12.2. The van der Waals surface area contributed by atoms with Gasteiger partial charge in [0, 0.05) is 0 Å². The summed E-state index contributed by atoms with van der Waals surface area (Å²) < 4.78 is 9.21. The van der Waals surface area contributed by atoms with Crippen molar-refractivity contribution in [3.63, 3.8) is 0 Å². The van der Waals surface area contributed by atoms with Crippen molar-refractivity contribution in [1.29, 1.82) is 0 Å². The van der Waals surface area contributed by atoms with E-state index in [0.717, 1.165) is 0 Å². The molecule has 0 rings (SSSR count). The van der Waals surface area contributed by atoms with E-state index in [1.807, 2.05) is 0 Å². The molecule has 0 bridgehead atoms. The second kappa shape index (κ2) is 6.71. The van der Waals surface area contributed by atoms with Gasteiger partial charge in [-0.2, -0.15) is 0 Å². The molecule has 0 aliphatic heterocycles. The number of carbonyl (C=O) groups is 2. The van der Waals surface area contributed by atoms with E-state index in [-0.39, 0.29) is 19.6 Å². The molecule has 0 N–H and O–H groups in total. The average molecular weight is 209 g/mol. The molecule has 0 spiro atoms. The molecule has 0 amide bonds. The Bertz CT molecular complexity index is 181. The van der Waals surface area contributed by atoms with Gasteiger partial charge in [0.2, 0.25) is 0 Å². The summed E-state index contributed by atoms with van der Waals surface area (Å²) in [7, 11) is 0. The Morgan fingerprint density at radius 1 is 1.23 bits per heavy atom. The average Bonchev–Trinajstić information content (AvgIpc) is 2.05. The lowest BCUT2D eigenvalue weighted by Gasteiger charge is -2.07. The monoisotopic (exact) mass is 208 g/mol. The zero-order valence-corrected chi connectivity index (χ0v) is 8.47. The van der Waals surface area contributed by atoms with Gasteiger partial charge in [-0.15, -0.1) is 11.6 Å². The first-order valence-electron chi connectivity index (χ1n) is 4.08. The van der Waals surface area contributed by atoms with Crippen LogP contribution in [0.25, 0.3) is 0 Å². The molecule has 0 aliphatic carbocycles. The second-order valence-corrected chi connectivity index (χ2v) is 2.76. The molecule has 0 aromatic heterocycles. The summed E-state index contributed by atoms with van der Waals surface area (Å²) in [5, 5.41) is -0.945. The fourth-order valence-corrected chi connectivity index (χ4v) is 0.871. The van der Waals surface area contributed by atoms with Crippen LogP contribution in [-0.2, 0) is 19.1 Å². The van der Waals surface area contributed by atoms with E-state index in [4.69, 9.17) is 11.6 Å². The van der Waals surface area contributed by atoms with E-state index >= 15 is 0 Å². The molecule has 5 heteroatoms. The molecule has 0 fully saturated rings. The molecule has 0 saturated carbocycles. The number of rotatable bonds is 5. The number of halogens is 1. The van der Waals surface area contributed by atoms with Crippen LogP contribution in [0, 0.1) is 0 Å². The van der Waals surface area contributed by atoms with Crippen LogP contribution in [0.4, 0.5) is 0 Å². The van der Waals surface area contributed by atoms with Gasteiger partial charge >= 0.3 is 11.9 Å². The lowest BCUT2D eigenvalue weighted by molar-refractivity contribution is -0.149. The summed E-state index contributed by atoms with van der Waals surface area (Å²) in [6, 6.07) is 0. The van der Waals surface area contributed by atoms with E-state index in [2.05, 4.69) is 9.47 Å². The maximum absolute atomic E-state index is 10.9. The molecule has 76 valence electrons. The van der Waals surface area contributed by atoms with Gasteiger partial charge < -0.3 is 9.47 Å². The highest BCUT2D eigenvalue weighted by Gasteiger charge is 2.20. The van der Waals surface area contributed by atoms with Crippen molar-refractivity contribution in [2.45, 2.75) is 25.6 Å². The normalized spacial score (nSPS) is 11.9. The van der Waals surface area contributed by atoms with Crippen LogP contribution in [0.2, 0.25) is 0 Å².